The second-order valence-corrected chi connectivity index (χ2v) is 10.9. The van der Waals surface area contributed by atoms with Gasteiger partial charge in [-0.2, -0.15) is 0 Å². The number of benzene rings is 1. The molecule has 1 saturated heterocycles. The lowest BCUT2D eigenvalue weighted by atomic mass is 9.97. The van der Waals surface area contributed by atoms with Gasteiger partial charge in [-0.1, -0.05) is 6.92 Å². The Hall–Kier alpha value is -3.73. The smallest absolute Gasteiger partial charge is 0.268 e. The van der Waals surface area contributed by atoms with Crippen molar-refractivity contribution in [2.24, 2.45) is 5.92 Å². The predicted octanol–water partition coefficient (Wildman–Crippen LogP) is 3.31. The molecule has 4 N–H and O–H groups in total. The maximum atomic E-state index is 13.9. The van der Waals surface area contributed by atoms with Crippen LogP contribution in [-0.4, -0.2) is 41.5 Å². The van der Waals surface area contributed by atoms with Crippen LogP contribution in [0.25, 0.3) is 11.3 Å². The number of phenolic OH excluding ortho intramolecular Hbond substituents is 1. The van der Waals surface area contributed by atoms with E-state index in [1.165, 1.54) is 36.5 Å². The van der Waals surface area contributed by atoms with E-state index >= 15 is 0 Å². The molecular formula is C24H26FN5O4S. The number of carbonyl (C=O) groups excluding carboxylic acids is 1. The predicted molar refractivity (Wildman–Crippen MR) is 130 cm³/mol. The van der Waals surface area contributed by atoms with Crippen LogP contribution in [-0.2, 0) is 10.0 Å². The molecule has 3 aromatic rings. The molecule has 11 heteroatoms. The number of carbonyl (C=O) groups is 1. The summed E-state index contributed by atoms with van der Waals surface area (Å²) in [6, 6.07) is 8.99. The molecule has 1 aromatic carbocycles. The maximum Gasteiger partial charge on any atom is 0.268 e. The molecule has 2 aromatic heterocycles. The number of nitrogens with two attached hydrogens (primary N) is 1. The van der Waals surface area contributed by atoms with Gasteiger partial charge in [0, 0.05) is 23.8 Å². The van der Waals surface area contributed by atoms with Gasteiger partial charge in [0.05, 0.1) is 11.3 Å². The minimum absolute atomic E-state index is 0.0119. The van der Waals surface area contributed by atoms with Crippen LogP contribution in [0.3, 0.4) is 0 Å². The minimum atomic E-state index is -4.32. The first kappa shape index (κ1) is 24.4. The zero-order valence-corrected chi connectivity index (χ0v) is 20.3. The summed E-state index contributed by atoms with van der Waals surface area (Å²) < 4.78 is 41.7. The zero-order valence-electron chi connectivity index (χ0n) is 19.5. The minimum Gasteiger partial charge on any atom is -0.507 e. The van der Waals surface area contributed by atoms with E-state index in [1.54, 1.807) is 0 Å². The normalized spacial score (nSPS) is 17.4. The van der Waals surface area contributed by atoms with Crippen molar-refractivity contribution in [2.75, 3.05) is 17.2 Å². The van der Waals surface area contributed by atoms with Gasteiger partial charge in [-0.05, 0) is 68.7 Å². The number of aromatic hydroxyl groups is 1. The van der Waals surface area contributed by atoms with E-state index in [0.717, 1.165) is 18.6 Å². The van der Waals surface area contributed by atoms with Crippen LogP contribution in [0.4, 0.5) is 16.0 Å². The fraction of sp³-hybridized carbons (Fsp3) is 0.292. The fourth-order valence-electron chi connectivity index (χ4n) is 4.52. The van der Waals surface area contributed by atoms with Gasteiger partial charge in [0.2, 0.25) is 0 Å². The lowest BCUT2D eigenvalue weighted by Crippen LogP contribution is -2.41. The summed E-state index contributed by atoms with van der Waals surface area (Å²) in [5, 5.41) is 10.3. The Bertz CT molecular complexity index is 1410. The van der Waals surface area contributed by atoms with Crippen LogP contribution >= 0.6 is 0 Å². The summed E-state index contributed by atoms with van der Waals surface area (Å²) >= 11 is 0. The Labute approximate surface area is 202 Å². The standard InChI is InChI=1S/C24H26FN5O4S/c1-14-12-24(2,3)30(13-14)22-16(7-8-18(28-22)17-11-15(25)6-9-19(17)31)23(32)29-35(33,34)20-5-4-10-27-21(20)26/h4-11,14,31H,12-13H2,1-3H3,(H2,26,27)(H,29,32)/t14-/m0/s1. The molecule has 0 radical (unpaired) electrons. The van der Waals surface area contributed by atoms with Gasteiger partial charge < -0.3 is 15.7 Å². The molecule has 3 heterocycles. The van der Waals surface area contributed by atoms with Crippen molar-refractivity contribution in [1.82, 2.24) is 14.7 Å². The number of pyridine rings is 2. The van der Waals surface area contributed by atoms with Gasteiger partial charge in [0.25, 0.3) is 15.9 Å². The quantitative estimate of drug-likeness (QED) is 0.486. The van der Waals surface area contributed by atoms with Crippen molar-refractivity contribution in [3.05, 3.63) is 60.0 Å². The van der Waals surface area contributed by atoms with E-state index in [2.05, 4.69) is 16.9 Å². The lowest BCUT2D eigenvalue weighted by Gasteiger charge is -2.34. The van der Waals surface area contributed by atoms with E-state index in [0.29, 0.717) is 6.54 Å². The van der Waals surface area contributed by atoms with Gasteiger partial charge in [0.1, 0.15) is 28.1 Å². The third-order valence-corrected chi connectivity index (χ3v) is 7.38. The largest absolute Gasteiger partial charge is 0.507 e. The summed E-state index contributed by atoms with van der Waals surface area (Å²) in [5.41, 5.74) is 5.71. The number of nitrogen functional groups attached to an aromatic ring is 1. The van der Waals surface area contributed by atoms with Gasteiger partial charge in [-0.3, -0.25) is 4.79 Å². The zero-order chi connectivity index (χ0) is 25.5. The number of sulfonamides is 1. The van der Waals surface area contributed by atoms with E-state index in [1.807, 2.05) is 23.5 Å². The number of rotatable bonds is 5. The summed E-state index contributed by atoms with van der Waals surface area (Å²) in [5.74, 6) is -1.36. The van der Waals surface area contributed by atoms with Crippen LogP contribution in [0, 0.1) is 11.7 Å². The third kappa shape index (κ3) is 4.76. The first-order chi connectivity index (χ1) is 16.4. The molecule has 4 rings (SSSR count). The Morgan fingerprint density at radius 2 is 2.00 bits per heavy atom. The molecule has 0 unspecified atom stereocenters. The number of halogens is 1. The van der Waals surface area contributed by atoms with Crippen LogP contribution in [0.1, 0.15) is 37.6 Å². The molecule has 0 bridgehead atoms. The Morgan fingerprint density at radius 3 is 2.66 bits per heavy atom. The van der Waals surface area contributed by atoms with Gasteiger partial charge in [-0.25, -0.2) is 27.5 Å². The number of nitrogens with one attached hydrogen (secondary N) is 1. The monoisotopic (exact) mass is 499 g/mol. The van der Waals surface area contributed by atoms with E-state index in [-0.39, 0.29) is 45.0 Å². The number of amides is 1. The number of hydrogen-bond donors (Lipinski definition) is 3. The lowest BCUT2D eigenvalue weighted by molar-refractivity contribution is 0.0981. The highest BCUT2D eigenvalue weighted by atomic mass is 32.2. The number of hydrogen-bond acceptors (Lipinski definition) is 8. The van der Waals surface area contributed by atoms with Crippen molar-refractivity contribution in [3.8, 4) is 17.0 Å². The molecule has 0 aliphatic carbocycles. The van der Waals surface area contributed by atoms with Crippen LogP contribution in [0.5, 0.6) is 5.75 Å². The number of nitrogens with zero attached hydrogens (tertiary/aromatic N) is 3. The van der Waals surface area contributed by atoms with E-state index in [9.17, 15) is 22.7 Å². The van der Waals surface area contributed by atoms with Crippen molar-refractivity contribution in [1.29, 1.82) is 0 Å². The van der Waals surface area contributed by atoms with Crippen molar-refractivity contribution in [2.45, 2.75) is 37.6 Å². The number of phenols is 1. The molecule has 9 nitrogen and oxygen atoms in total. The number of anilines is 2. The molecule has 1 amide bonds. The van der Waals surface area contributed by atoms with Crippen LogP contribution < -0.4 is 15.4 Å². The maximum absolute atomic E-state index is 13.9. The SMILES string of the molecule is C[C@@H]1CN(c2nc(-c3cc(F)ccc3O)ccc2C(=O)NS(=O)(=O)c2cccnc2N)C(C)(C)C1. The molecule has 1 aliphatic rings. The molecule has 1 atom stereocenters. The fourth-order valence-corrected chi connectivity index (χ4v) is 5.57. The second-order valence-electron chi connectivity index (χ2n) is 9.28. The molecule has 1 fully saturated rings. The average molecular weight is 500 g/mol. The van der Waals surface area contributed by atoms with Crippen molar-refractivity contribution >= 4 is 27.6 Å². The Kier molecular flexibility index (Phi) is 6.14. The van der Waals surface area contributed by atoms with Gasteiger partial charge >= 0.3 is 0 Å². The van der Waals surface area contributed by atoms with Crippen LogP contribution in [0.15, 0.2) is 53.6 Å². The summed E-state index contributed by atoms with van der Waals surface area (Å²) in [7, 11) is -4.32. The van der Waals surface area contributed by atoms with Gasteiger partial charge in [0.15, 0.2) is 0 Å². The molecule has 0 saturated carbocycles. The number of aromatic nitrogens is 2. The molecular weight excluding hydrogens is 473 g/mol. The Morgan fingerprint density at radius 1 is 1.26 bits per heavy atom. The molecule has 1 aliphatic heterocycles. The highest BCUT2D eigenvalue weighted by Gasteiger charge is 2.39. The Balaban J connectivity index is 1.81. The van der Waals surface area contributed by atoms with Crippen LogP contribution in [0.2, 0.25) is 0 Å². The average Bonchev–Trinajstić information content (AvgIpc) is 3.06. The molecule has 0 spiro atoms. The van der Waals surface area contributed by atoms with E-state index < -0.39 is 27.3 Å². The summed E-state index contributed by atoms with van der Waals surface area (Å²) in [6.45, 7) is 6.64. The highest BCUT2D eigenvalue weighted by molar-refractivity contribution is 7.90. The summed E-state index contributed by atoms with van der Waals surface area (Å²) in [4.78, 5) is 23.2. The first-order valence-corrected chi connectivity index (χ1v) is 12.4. The molecule has 35 heavy (non-hydrogen) atoms. The van der Waals surface area contributed by atoms with Gasteiger partial charge in [-0.15, -0.1) is 0 Å². The summed E-state index contributed by atoms with van der Waals surface area (Å²) in [6.07, 6.45) is 2.16. The third-order valence-electron chi connectivity index (χ3n) is 6.00. The topological polar surface area (TPSA) is 139 Å². The van der Waals surface area contributed by atoms with Crippen molar-refractivity contribution in [3.63, 3.8) is 0 Å². The second kappa shape index (κ2) is 8.81. The molecule has 184 valence electrons. The van der Waals surface area contributed by atoms with E-state index in [4.69, 9.17) is 5.73 Å². The van der Waals surface area contributed by atoms with Crippen molar-refractivity contribution < 1.29 is 22.7 Å². The first-order valence-electron chi connectivity index (χ1n) is 10.9. The highest BCUT2D eigenvalue weighted by Crippen LogP contribution is 2.39.